The number of carbonyl (C=O) groups is 1. The molecule has 7 nitrogen and oxygen atoms in total. The Bertz CT molecular complexity index is 1300. The molecule has 1 aromatic heterocycles. The molecular formula is C31H46NO6P. The number of esters is 1. The lowest BCUT2D eigenvalue weighted by Crippen LogP contribution is -2.39. The molecule has 3 rings (SSSR count). The minimum atomic E-state index is -1.80. The Labute approximate surface area is 234 Å². The van der Waals surface area contributed by atoms with Crippen LogP contribution in [0, 0.1) is 5.92 Å². The fourth-order valence-corrected chi connectivity index (χ4v) is 5.84. The van der Waals surface area contributed by atoms with E-state index in [2.05, 4.69) is 46.6 Å². The standard InChI is InChI=1S/C31H46NO6P/c1-18(2)25(28(33)36-31(9,10)11)32-39-37-26-21(14-19(34-12)16-23(26)29(3,4)5)22-15-20(35-13)17-24(27(22)38-39)30(6,7)8/h14-18,25,32H,1-13H3/t25-/m0/s1. The SMILES string of the molecule is COc1cc(C(C)(C)C)c2op(N[C@H](C(=O)OC(C)(C)C)C(C)C)oc3c(C(C)(C)C)cc(OC)cc3c2c1. The fraction of sp³-hybridized carbons (Fsp3) is 0.581. The van der Waals surface area contributed by atoms with E-state index in [-0.39, 0.29) is 22.7 Å². The summed E-state index contributed by atoms with van der Waals surface area (Å²) in [6.45, 7) is 22.4. The van der Waals surface area contributed by atoms with Gasteiger partial charge in [0.2, 0.25) is 0 Å². The summed E-state index contributed by atoms with van der Waals surface area (Å²) in [6.07, 6.45) is 0. The van der Waals surface area contributed by atoms with E-state index in [1.807, 2.05) is 58.9 Å². The quantitative estimate of drug-likeness (QED) is 0.302. The number of hydrogen-bond donors (Lipinski definition) is 1. The highest BCUT2D eigenvalue weighted by Crippen LogP contribution is 2.44. The van der Waals surface area contributed by atoms with Gasteiger partial charge in [-0.15, -0.1) is 0 Å². The van der Waals surface area contributed by atoms with Crippen LogP contribution in [-0.2, 0) is 20.4 Å². The predicted molar refractivity (Wildman–Crippen MR) is 161 cm³/mol. The molecule has 0 unspecified atom stereocenters. The molecule has 0 aliphatic rings. The Morgan fingerprint density at radius 3 is 1.49 bits per heavy atom. The van der Waals surface area contributed by atoms with Crippen LogP contribution in [0.15, 0.2) is 32.7 Å². The Hall–Kier alpha value is -2.63. The Balaban J connectivity index is 2.51. The molecule has 0 radical (unpaired) electrons. The molecule has 1 heterocycles. The summed E-state index contributed by atoms with van der Waals surface area (Å²) in [4.78, 5) is 13.3. The van der Waals surface area contributed by atoms with Gasteiger partial charge in [0.05, 0.1) is 14.2 Å². The van der Waals surface area contributed by atoms with Crippen molar-refractivity contribution in [2.45, 2.75) is 98.6 Å². The van der Waals surface area contributed by atoms with Crippen molar-refractivity contribution in [2.24, 2.45) is 5.92 Å². The third-order valence-electron chi connectivity index (χ3n) is 6.42. The lowest BCUT2D eigenvalue weighted by Gasteiger charge is -2.25. The third kappa shape index (κ3) is 7.12. The zero-order valence-electron chi connectivity index (χ0n) is 25.9. The van der Waals surface area contributed by atoms with Crippen LogP contribution in [0.3, 0.4) is 0 Å². The average molecular weight is 560 g/mol. The first-order valence-corrected chi connectivity index (χ1v) is 14.6. The second-order valence-electron chi connectivity index (χ2n) is 13.4. The molecule has 1 N–H and O–H groups in total. The first-order valence-electron chi connectivity index (χ1n) is 13.5. The number of carbonyl (C=O) groups excluding carboxylic acids is 1. The number of fused-ring (bicyclic) bond motifs is 3. The molecule has 0 saturated carbocycles. The van der Waals surface area contributed by atoms with Gasteiger partial charge in [-0.3, -0.25) is 4.79 Å². The van der Waals surface area contributed by atoms with Crippen molar-refractivity contribution >= 4 is 36.1 Å². The second-order valence-corrected chi connectivity index (χ2v) is 14.6. The van der Waals surface area contributed by atoms with E-state index < -0.39 is 19.8 Å². The highest BCUT2D eigenvalue weighted by Gasteiger charge is 2.31. The molecule has 8 heteroatoms. The van der Waals surface area contributed by atoms with Crippen molar-refractivity contribution in [3.05, 3.63) is 35.4 Å². The second kappa shape index (κ2) is 11.1. The highest BCUT2D eigenvalue weighted by molar-refractivity contribution is 7.38. The van der Waals surface area contributed by atoms with Gasteiger partial charge in [-0.1, -0.05) is 55.4 Å². The maximum atomic E-state index is 13.3. The van der Waals surface area contributed by atoms with Crippen LogP contribution in [0.1, 0.15) is 87.3 Å². The number of methoxy groups -OCH3 is 2. The molecule has 1 atom stereocenters. The molecule has 0 fully saturated rings. The zero-order chi connectivity index (χ0) is 29.5. The van der Waals surface area contributed by atoms with E-state index in [4.69, 9.17) is 22.6 Å². The molecule has 0 aliphatic carbocycles. The average Bonchev–Trinajstić information content (AvgIpc) is 2.94. The molecular weight excluding hydrogens is 513 g/mol. The molecule has 0 aliphatic heterocycles. The summed E-state index contributed by atoms with van der Waals surface area (Å²) >= 11 is 0. The summed E-state index contributed by atoms with van der Waals surface area (Å²) in [7, 11) is 1.52. The van der Waals surface area contributed by atoms with Crippen molar-refractivity contribution in [1.29, 1.82) is 0 Å². The lowest BCUT2D eigenvalue weighted by molar-refractivity contribution is -0.156. The van der Waals surface area contributed by atoms with Gasteiger partial charge < -0.3 is 22.6 Å². The Morgan fingerprint density at radius 2 is 1.18 bits per heavy atom. The number of rotatable bonds is 6. The maximum absolute atomic E-state index is 13.3. The van der Waals surface area contributed by atoms with Crippen LogP contribution in [0.2, 0.25) is 0 Å². The number of benzene rings is 2. The third-order valence-corrected chi connectivity index (χ3v) is 7.61. The Morgan fingerprint density at radius 1 is 0.769 bits per heavy atom. The first kappa shape index (κ1) is 30.9. The first-order chi connectivity index (χ1) is 17.9. The minimum absolute atomic E-state index is 0.0624. The van der Waals surface area contributed by atoms with Gasteiger partial charge in [0.1, 0.15) is 34.3 Å². The van der Waals surface area contributed by atoms with Crippen LogP contribution in [0.5, 0.6) is 11.5 Å². The minimum Gasteiger partial charge on any atom is -0.497 e. The van der Waals surface area contributed by atoms with Gasteiger partial charge in [-0.25, -0.2) is 5.09 Å². The molecule has 0 saturated heterocycles. The van der Waals surface area contributed by atoms with Crippen molar-refractivity contribution in [3.63, 3.8) is 0 Å². The summed E-state index contributed by atoms with van der Waals surface area (Å²) < 4.78 is 30.7. The van der Waals surface area contributed by atoms with E-state index in [0.29, 0.717) is 11.2 Å². The number of ether oxygens (including phenoxy) is 3. The largest absolute Gasteiger partial charge is 0.497 e. The number of hydrogen-bond acceptors (Lipinski definition) is 7. The van der Waals surface area contributed by atoms with Crippen LogP contribution < -0.4 is 14.6 Å². The molecule has 0 spiro atoms. The summed E-state index contributed by atoms with van der Waals surface area (Å²) in [5, 5.41) is 5.10. The van der Waals surface area contributed by atoms with Gasteiger partial charge >= 0.3 is 14.1 Å². The normalized spacial score (nSPS) is 13.6. The van der Waals surface area contributed by atoms with Gasteiger partial charge in [-0.2, -0.15) is 0 Å². The predicted octanol–water partition coefficient (Wildman–Crippen LogP) is 8.81. The molecule has 0 bridgehead atoms. The summed E-state index contributed by atoms with van der Waals surface area (Å²) in [5.74, 6) is 1.05. The Kier molecular flexibility index (Phi) is 8.79. The van der Waals surface area contributed by atoms with Crippen molar-refractivity contribution < 1.29 is 27.4 Å². The smallest absolute Gasteiger partial charge is 0.324 e. The molecule has 39 heavy (non-hydrogen) atoms. The summed E-state index contributed by atoms with van der Waals surface area (Å²) in [5.41, 5.74) is 2.19. The van der Waals surface area contributed by atoms with Gasteiger partial charge in [0.15, 0.2) is 0 Å². The molecule has 0 amide bonds. The van der Waals surface area contributed by atoms with Crippen LogP contribution in [0.25, 0.3) is 21.9 Å². The summed E-state index contributed by atoms with van der Waals surface area (Å²) in [6, 6.07) is 7.34. The highest BCUT2D eigenvalue weighted by atomic mass is 31.1. The fourth-order valence-electron chi connectivity index (χ4n) is 4.34. The maximum Gasteiger partial charge on any atom is 0.324 e. The van der Waals surface area contributed by atoms with Crippen LogP contribution in [-0.4, -0.2) is 31.8 Å². The van der Waals surface area contributed by atoms with E-state index in [1.165, 1.54) is 0 Å². The van der Waals surface area contributed by atoms with Gasteiger partial charge in [0, 0.05) is 21.9 Å². The van der Waals surface area contributed by atoms with E-state index >= 15 is 0 Å². The molecule has 216 valence electrons. The topological polar surface area (TPSA) is 83.1 Å². The van der Waals surface area contributed by atoms with Crippen LogP contribution in [0.4, 0.5) is 0 Å². The van der Waals surface area contributed by atoms with Gasteiger partial charge in [-0.05, 0) is 61.8 Å². The lowest BCUT2D eigenvalue weighted by atomic mass is 9.84. The molecule has 2 aromatic carbocycles. The van der Waals surface area contributed by atoms with E-state index in [9.17, 15) is 4.79 Å². The van der Waals surface area contributed by atoms with Crippen molar-refractivity contribution in [3.8, 4) is 11.5 Å². The van der Waals surface area contributed by atoms with E-state index in [0.717, 1.165) is 33.4 Å². The van der Waals surface area contributed by atoms with E-state index in [1.54, 1.807) is 14.2 Å². The van der Waals surface area contributed by atoms with Crippen molar-refractivity contribution in [2.75, 3.05) is 19.3 Å². The van der Waals surface area contributed by atoms with Crippen molar-refractivity contribution in [1.82, 2.24) is 0 Å². The monoisotopic (exact) mass is 559 g/mol. The van der Waals surface area contributed by atoms with Crippen LogP contribution >= 0.6 is 8.16 Å². The molecule has 3 aromatic rings. The van der Waals surface area contributed by atoms with Gasteiger partial charge in [0.25, 0.3) is 0 Å². The zero-order valence-corrected chi connectivity index (χ0v) is 26.8. The number of nitrogens with one attached hydrogen (secondary N) is 1.